The number of nitrogens with zero attached hydrogens (tertiary/aromatic N) is 1. The van der Waals surface area contributed by atoms with Gasteiger partial charge in [0.2, 0.25) is 0 Å². The predicted molar refractivity (Wildman–Crippen MR) is 118 cm³/mol. The average Bonchev–Trinajstić information content (AvgIpc) is 3.10. The Balaban J connectivity index is 1.56. The Bertz CT molecular complexity index is 838. The van der Waals surface area contributed by atoms with Crippen molar-refractivity contribution in [2.45, 2.75) is 91.5 Å². The molecule has 5 rings (SSSR count). The number of hydrogen-bond donors (Lipinski definition) is 1. The number of fused-ring (bicyclic) bond motifs is 6. The van der Waals surface area contributed by atoms with Gasteiger partial charge in [-0.25, -0.2) is 4.98 Å². The van der Waals surface area contributed by atoms with Gasteiger partial charge >= 0.3 is 0 Å². The van der Waals surface area contributed by atoms with Crippen molar-refractivity contribution in [2.75, 3.05) is 0 Å². The molecule has 7 unspecified atom stereocenters. The Hall–Kier alpha value is -0.710. The fourth-order valence-electron chi connectivity index (χ4n) is 7.88. The molecule has 4 aliphatic carbocycles. The van der Waals surface area contributed by atoms with E-state index in [1.807, 2.05) is 11.3 Å². The van der Waals surface area contributed by atoms with E-state index >= 15 is 0 Å². The lowest BCUT2D eigenvalue weighted by atomic mass is 9.44. The van der Waals surface area contributed by atoms with Crippen LogP contribution in [0.25, 0.3) is 0 Å². The van der Waals surface area contributed by atoms with Gasteiger partial charge in [0.25, 0.3) is 0 Å². The summed E-state index contributed by atoms with van der Waals surface area (Å²) in [6.45, 7) is 15.3. The highest BCUT2D eigenvalue weighted by Gasteiger charge is 2.62. The van der Waals surface area contributed by atoms with Crippen molar-refractivity contribution in [3.05, 3.63) is 27.7 Å². The van der Waals surface area contributed by atoms with Crippen LogP contribution in [0.15, 0.2) is 12.2 Å². The van der Waals surface area contributed by atoms with Gasteiger partial charge in [-0.15, -0.1) is 11.3 Å². The number of aliphatic hydroxyl groups is 1. The summed E-state index contributed by atoms with van der Waals surface area (Å²) in [5.74, 6) is 1.34. The van der Waals surface area contributed by atoms with Gasteiger partial charge in [0.1, 0.15) is 0 Å². The third kappa shape index (κ3) is 3.00. The summed E-state index contributed by atoms with van der Waals surface area (Å²) < 4.78 is 6.43. The molecule has 4 aliphatic rings. The molecular weight excluding hydrogens is 378 g/mol. The number of aromatic nitrogens is 1. The fraction of sp³-hybridized carbons (Fsp3) is 0.800. The zero-order chi connectivity index (χ0) is 20.8. The molecule has 3 saturated carbocycles. The molecule has 0 amide bonds. The van der Waals surface area contributed by atoms with Crippen molar-refractivity contribution in [2.24, 2.45) is 34.5 Å². The van der Waals surface area contributed by atoms with Gasteiger partial charge in [-0.1, -0.05) is 26.0 Å². The highest BCUT2D eigenvalue weighted by atomic mass is 32.1. The van der Waals surface area contributed by atoms with E-state index in [9.17, 15) is 5.11 Å². The Morgan fingerprint density at radius 1 is 1.24 bits per heavy atom. The van der Waals surface area contributed by atoms with Gasteiger partial charge in [-0.2, -0.15) is 0 Å². The van der Waals surface area contributed by atoms with Gasteiger partial charge in [-0.05, 0) is 100 Å². The largest absolute Gasteiger partial charge is 0.366 e. The molecule has 4 heteroatoms. The lowest BCUT2D eigenvalue weighted by Crippen LogP contribution is -2.59. The maximum Gasteiger partial charge on any atom is 0.160 e. The maximum absolute atomic E-state index is 10.6. The summed E-state index contributed by atoms with van der Waals surface area (Å²) in [7, 11) is 0. The molecule has 0 radical (unpaired) electrons. The summed E-state index contributed by atoms with van der Waals surface area (Å²) in [4.78, 5) is 6.40. The van der Waals surface area contributed by atoms with E-state index in [1.165, 1.54) is 46.8 Å². The zero-order valence-electron chi connectivity index (χ0n) is 18.8. The van der Waals surface area contributed by atoms with Crippen LogP contribution in [-0.2, 0) is 17.6 Å². The summed E-state index contributed by atoms with van der Waals surface area (Å²) in [5.41, 5.74) is 3.37. The normalized spacial score (nSPS) is 44.1. The molecule has 0 bridgehead atoms. The highest BCUT2D eigenvalue weighted by Crippen LogP contribution is 2.67. The summed E-state index contributed by atoms with van der Waals surface area (Å²) in [6.07, 6.45) is 8.39. The van der Waals surface area contributed by atoms with E-state index in [2.05, 4.69) is 27.4 Å². The zero-order valence-corrected chi connectivity index (χ0v) is 19.6. The lowest BCUT2D eigenvalue weighted by molar-refractivity contribution is -0.259. The Kier molecular flexibility index (Phi) is 4.46. The van der Waals surface area contributed by atoms with Gasteiger partial charge in [0, 0.05) is 4.88 Å². The van der Waals surface area contributed by atoms with E-state index in [0.717, 1.165) is 19.3 Å². The van der Waals surface area contributed by atoms with Crippen LogP contribution in [0.1, 0.15) is 75.4 Å². The molecule has 0 aromatic carbocycles. The second-order valence-corrected chi connectivity index (χ2v) is 12.7. The molecule has 1 aromatic rings. The second-order valence-electron chi connectivity index (χ2n) is 11.4. The molecule has 0 aliphatic heterocycles. The number of aryl methyl sites for hydroxylation is 1. The number of rotatable bonds is 2. The van der Waals surface area contributed by atoms with Gasteiger partial charge < -0.3 is 9.84 Å². The minimum Gasteiger partial charge on any atom is -0.366 e. The first-order valence-corrected chi connectivity index (χ1v) is 12.4. The number of ether oxygens (including phenoxy) is 1. The minimum atomic E-state index is -1.08. The van der Waals surface area contributed by atoms with E-state index in [1.54, 1.807) is 13.8 Å². The van der Waals surface area contributed by atoms with Crippen LogP contribution in [0.5, 0.6) is 0 Å². The van der Waals surface area contributed by atoms with Crippen LogP contribution in [0, 0.1) is 41.4 Å². The Labute approximate surface area is 180 Å². The molecule has 1 aromatic heterocycles. The molecule has 1 N–H and O–H groups in total. The summed E-state index contributed by atoms with van der Waals surface area (Å²) in [5, 5.41) is 11.8. The Morgan fingerprint density at radius 2 is 2.00 bits per heavy atom. The number of allylic oxidation sites excluding steroid dienone is 1. The van der Waals surface area contributed by atoms with Gasteiger partial charge in [-0.3, -0.25) is 0 Å². The second kappa shape index (κ2) is 6.40. The smallest absolute Gasteiger partial charge is 0.160 e. The Morgan fingerprint density at radius 3 is 2.72 bits per heavy atom. The molecule has 7 atom stereocenters. The van der Waals surface area contributed by atoms with E-state index in [4.69, 9.17) is 9.72 Å². The molecular formula is C25H37NO2S. The molecule has 160 valence electrons. The SMILES string of the molecule is C=C1CCC2C3C(OC(C)(C)O)CC4Cc5nc(C)sc5CC4(C)C3CCC12C. The number of hydrogen-bond acceptors (Lipinski definition) is 4. The molecule has 3 nitrogen and oxygen atoms in total. The molecule has 3 fully saturated rings. The van der Waals surface area contributed by atoms with Crippen LogP contribution in [0.3, 0.4) is 0 Å². The fourth-order valence-corrected chi connectivity index (χ4v) is 9.02. The third-order valence-corrected chi connectivity index (χ3v) is 10.3. The molecule has 29 heavy (non-hydrogen) atoms. The average molecular weight is 416 g/mol. The van der Waals surface area contributed by atoms with Crippen molar-refractivity contribution >= 4 is 11.3 Å². The van der Waals surface area contributed by atoms with Crippen molar-refractivity contribution in [3.63, 3.8) is 0 Å². The quantitative estimate of drug-likeness (QED) is 0.498. The van der Waals surface area contributed by atoms with Crippen LogP contribution in [-0.4, -0.2) is 22.0 Å². The first kappa shape index (κ1) is 20.2. The summed E-state index contributed by atoms with van der Waals surface area (Å²) in [6, 6.07) is 0. The van der Waals surface area contributed by atoms with Crippen LogP contribution >= 0.6 is 11.3 Å². The van der Waals surface area contributed by atoms with Crippen LogP contribution < -0.4 is 0 Å². The first-order valence-electron chi connectivity index (χ1n) is 11.5. The third-order valence-electron chi connectivity index (χ3n) is 9.32. The lowest BCUT2D eigenvalue weighted by Gasteiger charge is -2.62. The van der Waals surface area contributed by atoms with Crippen molar-refractivity contribution in [3.8, 4) is 0 Å². The monoisotopic (exact) mass is 415 g/mol. The minimum absolute atomic E-state index is 0.134. The van der Waals surface area contributed by atoms with Crippen molar-refractivity contribution in [1.29, 1.82) is 0 Å². The van der Waals surface area contributed by atoms with Gasteiger partial charge in [0.15, 0.2) is 5.79 Å². The maximum atomic E-state index is 10.6. The number of thiazole rings is 1. The first-order chi connectivity index (χ1) is 13.5. The van der Waals surface area contributed by atoms with Gasteiger partial charge in [0.05, 0.1) is 16.8 Å². The molecule has 0 saturated heterocycles. The van der Waals surface area contributed by atoms with E-state index in [0.29, 0.717) is 29.1 Å². The van der Waals surface area contributed by atoms with E-state index < -0.39 is 5.79 Å². The summed E-state index contributed by atoms with van der Waals surface area (Å²) >= 11 is 1.92. The molecule has 0 spiro atoms. The standard InChI is InChI=1S/C25H37NO2S/c1-14-7-8-17-22-18(9-10-24(14,17)5)25(6)13-21-19(26-15(2)29-21)11-16(25)12-20(22)28-23(3,4)27/h16-18,20,22,27H,1,7-13H2,2-6H3. The topological polar surface area (TPSA) is 42.4 Å². The van der Waals surface area contributed by atoms with Crippen LogP contribution in [0.4, 0.5) is 0 Å². The highest BCUT2D eigenvalue weighted by molar-refractivity contribution is 7.11. The predicted octanol–water partition coefficient (Wildman–Crippen LogP) is 5.69. The van der Waals surface area contributed by atoms with E-state index in [-0.39, 0.29) is 11.5 Å². The van der Waals surface area contributed by atoms with Crippen molar-refractivity contribution < 1.29 is 9.84 Å². The molecule has 1 heterocycles. The van der Waals surface area contributed by atoms with Crippen LogP contribution in [0.2, 0.25) is 0 Å². The van der Waals surface area contributed by atoms with Crippen molar-refractivity contribution in [1.82, 2.24) is 4.98 Å².